The predicted octanol–water partition coefficient (Wildman–Crippen LogP) is 3.57. The van der Waals surface area contributed by atoms with Crippen LogP contribution in [0.5, 0.6) is 0 Å². The number of nitrogens with zero attached hydrogens (tertiary/aromatic N) is 2. The molecule has 0 unspecified atom stereocenters. The van der Waals surface area contributed by atoms with E-state index < -0.39 is 0 Å². The molecule has 0 spiro atoms. The number of aromatic nitrogens is 2. The van der Waals surface area contributed by atoms with Gasteiger partial charge in [0.25, 0.3) is 0 Å². The van der Waals surface area contributed by atoms with Gasteiger partial charge in [-0.2, -0.15) is 0 Å². The lowest BCUT2D eigenvalue weighted by Gasteiger charge is -2.32. The summed E-state index contributed by atoms with van der Waals surface area (Å²) >= 11 is 12.0. The topological polar surface area (TPSA) is 56.3 Å². The summed E-state index contributed by atoms with van der Waals surface area (Å²) in [7, 11) is 0. The first-order valence-corrected chi connectivity index (χ1v) is 8.15. The van der Waals surface area contributed by atoms with Gasteiger partial charge >= 0.3 is 0 Å². The molecule has 7 heteroatoms. The molecule has 0 amide bonds. The van der Waals surface area contributed by atoms with Crippen LogP contribution in [-0.2, 0) is 16.1 Å². The Hall–Kier alpha value is -1.40. The molecule has 1 fully saturated rings. The summed E-state index contributed by atoms with van der Waals surface area (Å²) in [5.41, 5.74) is 0.903. The molecule has 23 heavy (non-hydrogen) atoms. The van der Waals surface area contributed by atoms with E-state index in [1.165, 1.54) is 0 Å². The van der Waals surface area contributed by atoms with Gasteiger partial charge in [-0.3, -0.25) is 4.98 Å². The van der Waals surface area contributed by atoms with E-state index in [-0.39, 0.29) is 12.1 Å². The maximum atomic E-state index is 6.17. The van der Waals surface area contributed by atoms with Gasteiger partial charge in [0, 0.05) is 19.0 Å². The highest BCUT2D eigenvalue weighted by molar-refractivity contribution is 6.35. The third kappa shape index (κ3) is 4.54. The monoisotopic (exact) mass is 353 g/mol. The van der Waals surface area contributed by atoms with Crippen LogP contribution in [0.2, 0.25) is 10.0 Å². The van der Waals surface area contributed by atoms with Crippen molar-refractivity contribution < 1.29 is 9.47 Å². The number of hydrogen-bond donors (Lipinski definition) is 1. The molecule has 1 aliphatic rings. The van der Waals surface area contributed by atoms with Crippen molar-refractivity contribution in [2.45, 2.75) is 25.2 Å². The first kappa shape index (κ1) is 16.5. The third-order valence-corrected chi connectivity index (χ3v) is 4.09. The number of anilines is 1. The molecular formula is C16H17Cl2N3O2. The van der Waals surface area contributed by atoms with Crippen LogP contribution in [0, 0.1) is 0 Å². The molecule has 1 N–H and O–H groups in total. The van der Waals surface area contributed by atoms with Gasteiger partial charge in [-0.1, -0.05) is 29.3 Å². The van der Waals surface area contributed by atoms with Crippen LogP contribution in [0.25, 0.3) is 0 Å². The number of rotatable bonds is 5. The van der Waals surface area contributed by atoms with E-state index in [4.69, 9.17) is 32.7 Å². The Bertz CT molecular complexity index is 642. The highest BCUT2D eigenvalue weighted by atomic mass is 35.5. The van der Waals surface area contributed by atoms with Gasteiger partial charge in [-0.05, 0) is 24.6 Å². The Balaban J connectivity index is 1.64. The van der Waals surface area contributed by atoms with E-state index in [1.807, 2.05) is 18.2 Å². The molecule has 2 aromatic rings. The molecule has 1 saturated heterocycles. The fourth-order valence-corrected chi connectivity index (χ4v) is 2.86. The Kier molecular flexibility index (Phi) is 5.67. The summed E-state index contributed by atoms with van der Waals surface area (Å²) < 4.78 is 11.6. The summed E-state index contributed by atoms with van der Waals surface area (Å²) in [5.74, 6) is 0.581. The van der Waals surface area contributed by atoms with Gasteiger partial charge in [0.15, 0.2) is 0 Å². The zero-order valence-corrected chi connectivity index (χ0v) is 13.9. The van der Waals surface area contributed by atoms with Gasteiger partial charge in [0.05, 0.1) is 41.1 Å². The lowest BCUT2D eigenvalue weighted by molar-refractivity contribution is -0.0487. The van der Waals surface area contributed by atoms with Crippen LogP contribution >= 0.6 is 23.2 Å². The second kappa shape index (κ2) is 7.93. The van der Waals surface area contributed by atoms with Crippen LogP contribution < -0.4 is 5.32 Å². The number of hydrogen-bond acceptors (Lipinski definition) is 5. The summed E-state index contributed by atoms with van der Waals surface area (Å²) in [6, 6.07) is 7.41. The van der Waals surface area contributed by atoms with Crippen LogP contribution in [0.3, 0.4) is 0 Å². The summed E-state index contributed by atoms with van der Waals surface area (Å²) in [4.78, 5) is 8.50. The predicted molar refractivity (Wildman–Crippen MR) is 89.9 cm³/mol. The van der Waals surface area contributed by atoms with Gasteiger partial charge in [-0.25, -0.2) is 4.98 Å². The Morgan fingerprint density at radius 2 is 2.22 bits per heavy atom. The largest absolute Gasteiger partial charge is 0.379 e. The number of pyridine rings is 2. The van der Waals surface area contributed by atoms with Crippen molar-refractivity contribution in [3.05, 3.63) is 52.4 Å². The van der Waals surface area contributed by atoms with E-state index in [0.29, 0.717) is 35.7 Å². The summed E-state index contributed by atoms with van der Waals surface area (Å²) in [6.07, 6.45) is 4.12. The average Bonchev–Trinajstić information content (AvgIpc) is 2.57. The van der Waals surface area contributed by atoms with Crippen molar-refractivity contribution in [3.63, 3.8) is 0 Å². The van der Waals surface area contributed by atoms with E-state index in [2.05, 4.69) is 15.3 Å². The van der Waals surface area contributed by atoms with Crippen molar-refractivity contribution in [1.82, 2.24) is 9.97 Å². The summed E-state index contributed by atoms with van der Waals surface area (Å²) in [6.45, 7) is 1.67. The van der Waals surface area contributed by atoms with Crippen LogP contribution in [0.1, 0.15) is 12.1 Å². The highest BCUT2D eigenvalue weighted by Crippen LogP contribution is 2.25. The molecular weight excluding hydrogens is 337 g/mol. The van der Waals surface area contributed by atoms with Gasteiger partial charge < -0.3 is 14.8 Å². The van der Waals surface area contributed by atoms with Crippen molar-refractivity contribution >= 4 is 29.0 Å². The van der Waals surface area contributed by atoms with E-state index in [1.54, 1.807) is 18.5 Å². The van der Waals surface area contributed by atoms with Crippen molar-refractivity contribution in [3.8, 4) is 0 Å². The molecule has 0 saturated carbocycles. The van der Waals surface area contributed by atoms with Crippen molar-refractivity contribution in [2.24, 2.45) is 0 Å². The lowest BCUT2D eigenvalue weighted by atomic mass is 10.1. The standard InChI is InChI=1S/C16H17Cl2N3O2/c17-11-7-13(18)16(20-8-11)21-14-10-22-6-4-15(14)23-9-12-3-1-2-5-19-12/h1-3,5,7-8,14-15H,4,6,9-10H2,(H,20,21)/t14-,15-/m1/s1. The first-order valence-electron chi connectivity index (χ1n) is 7.39. The molecule has 2 aromatic heterocycles. The summed E-state index contributed by atoms with van der Waals surface area (Å²) in [5, 5.41) is 4.27. The number of nitrogens with one attached hydrogen (secondary N) is 1. The minimum absolute atomic E-state index is 0.000647. The van der Waals surface area contributed by atoms with Gasteiger partial charge in [-0.15, -0.1) is 0 Å². The molecule has 5 nitrogen and oxygen atoms in total. The van der Waals surface area contributed by atoms with Crippen LogP contribution in [-0.4, -0.2) is 35.3 Å². The zero-order valence-electron chi connectivity index (χ0n) is 12.4. The van der Waals surface area contributed by atoms with Crippen molar-refractivity contribution in [2.75, 3.05) is 18.5 Å². The number of ether oxygens (including phenoxy) is 2. The normalized spacial score (nSPS) is 21.1. The first-order chi connectivity index (χ1) is 11.2. The molecule has 0 aromatic carbocycles. The fourth-order valence-electron chi connectivity index (χ4n) is 2.42. The fraction of sp³-hybridized carbons (Fsp3) is 0.375. The van der Waals surface area contributed by atoms with Gasteiger partial charge in [0.2, 0.25) is 0 Å². The number of halogens is 2. The molecule has 3 heterocycles. The molecule has 122 valence electrons. The second-order valence-electron chi connectivity index (χ2n) is 5.27. The quantitative estimate of drug-likeness (QED) is 0.890. The molecule has 0 radical (unpaired) electrons. The minimum Gasteiger partial charge on any atom is -0.379 e. The van der Waals surface area contributed by atoms with E-state index in [9.17, 15) is 0 Å². The molecule has 0 bridgehead atoms. The minimum atomic E-state index is -0.0290. The zero-order chi connectivity index (χ0) is 16.1. The van der Waals surface area contributed by atoms with E-state index >= 15 is 0 Å². The SMILES string of the molecule is Clc1cnc(N[C@@H]2COCC[C@H]2OCc2ccccn2)c(Cl)c1. The highest BCUT2D eigenvalue weighted by Gasteiger charge is 2.27. The molecule has 1 aliphatic heterocycles. The van der Waals surface area contributed by atoms with E-state index in [0.717, 1.165) is 12.1 Å². The van der Waals surface area contributed by atoms with Gasteiger partial charge in [0.1, 0.15) is 5.82 Å². The molecule has 0 aliphatic carbocycles. The maximum Gasteiger partial charge on any atom is 0.145 e. The third-order valence-electron chi connectivity index (χ3n) is 3.59. The maximum absolute atomic E-state index is 6.17. The van der Waals surface area contributed by atoms with Crippen molar-refractivity contribution in [1.29, 1.82) is 0 Å². The Labute approximate surface area is 144 Å². The molecule has 3 rings (SSSR count). The smallest absolute Gasteiger partial charge is 0.145 e. The lowest BCUT2D eigenvalue weighted by Crippen LogP contribution is -2.44. The van der Waals surface area contributed by atoms with Crippen LogP contribution in [0.15, 0.2) is 36.7 Å². The Morgan fingerprint density at radius 3 is 3.00 bits per heavy atom. The molecule has 2 atom stereocenters. The second-order valence-corrected chi connectivity index (χ2v) is 6.11. The Morgan fingerprint density at radius 1 is 1.30 bits per heavy atom. The average molecular weight is 354 g/mol. The van der Waals surface area contributed by atoms with Crippen LogP contribution in [0.4, 0.5) is 5.82 Å².